The molecular formula is C17H22N6O2. The Morgan fingerprint density at radius 1 is 1.24 bits per heavy atom. The molecule has 0 saturated carbocycles. The number of hydrogen-bond donors (Lipinski definition) is 0. The normalized spacial score (nSPS) is 19.2. The molecule has 0 aliphatic carbocycles. The molecule has 0 radical (unpaired) electrons. The van der Waals surface area contributed by atoms with Crippen LogP contribution in [0.3, 0.4) is 0 Å². The summed E-state index contributed by atoms with van der Waals surface area (Å²) in [7, 11) is 2.12. The maximum atomic E-state index is 12.6. The molecule has 0 aromatic carbocycles. The third-order valence-corrected chi connectivity index (χ3v) is 4.94. The van der Waals surface area contributed by atoms with Gasteiger partial charge in [0.1, 0.15) is 5.69 Å². The second-order valence-electron chi connectivity index (χ2n) is 7.02. The van der Waals surface area contributed by atoms with Crippen LogP contribution in [0, 0.1) is 5.41 Å². The number of likely N-dealkylation sites (tertiary alicyclic amines) is 2. The molecule has 2 aliphatic heterocycles. The van der Waals surface area contributed by atoms with Gasteiger partial charge in [-0.1, -0.05) is 0 Å². The highest BCUT2D eigenvalue weighted by atomic mass is 16.5. The van der Waals surface area contributed by atoms with Crippen molar-refractivity contribution in [2.75, 3.05) is 33.2 Å². The van der Waals surface area contributed by atoms with E-state index in [4.69, 9.17) is 4.74 Å². The molecule has 0 unspecified atom stereocenters. The number of rotatable bonds is 4. The number of amides is 1. The summed E-state index contributed by atoms with van der Waals surface area (Å²) in [4.78, 5) is 25.3. The molecule has 132 valence electrons. The van der Waals surface area contributed by atoms with Gasteiger partial charge in [0.2, 0.25) is 5.88 Å². The molecule has 0 atom stereocenters. The fraction of sp³-hybridized carbons (Fsp3) is 0.529. The average Bonchev–Trinajstić information content (AvgIpc) is 3.22. The fourth-order valence-electron chi connectivity index (χ4n) is 3.80. The van der Waals surface area contributed by atoms with Gasteiger partial charge in [-0.05, 0) is 20.4 Å². The van der Waals surface area contributed by atoms with Crippen LogP contribution in [0.5, 0.6) is 11.6 Å². The highest BCUT2D eigenvalue weighted by molar-refractivity contribution is 5.92. The third kappa shape index (κ3) is 3.09. The highest BCUT2D eigenvalue weighted by Crippen LogP contribution is 2.38. The van der Waals surface area contributed by atoms with Crippen molar-refractivity contribution < 1.29 is 9.53 Å². The lowest BCUT2D eigenvalue weighted by Gasteiger charge is -2.46. The summed E-state index contributed by atoms with van der Waals surface area (Å²) < 4.78 is 7.37. The molecule has 1 spiro atoms. The molecule has 0 N–H and O–H groups in total. The minimum atomic E-state index is -0.0516. The first-order valence-electron chi connectivity index (χ1n) is 8.57. The number of carbonyl (C=O) groups excluding carboxylic acids is 1. The minimum absolute atomic E-state index is 0.0516. The minimum Gasteiger partial charge on any atom is -0.434 e. The zero-order valence-corrected chi connectivity index (χ0v) is 14.6. The first kappa shape index (κ1) is 16.0. The van der Waals surface area contributed by atoms with Crippen LogP contribution in [0.2, 0.25) is 0 Å². The summed E-state index contributed by atoms with van der Waals surface area (Å²) in [5.41, 5.74) is 0.654. The Hall–Kier alpha value is -2.48. The van der Waals surface area contributed by atoms with E-state index in [2.05, 4.69) is 27.0 Å². The number of nitrogens with zero attached hydrogens (tertiary/aromatic N) is 6. The Labute approximate surface area is 146 Å². The number of aryl methyl sites for hydroxylation is 1. The zero-order valence-electron chi connectivity index (χ0n) is 14.6. The van der Waals surface area contributed by atoms with Gasteiger partial charge in [0.15, 0.2) is 5.75 Å². The first-order valence-corrected chi connectivity index (χ1v) is 8.57. The van der Waals surface area contributed by atoms with Gasteiger partial charge in [-0.2, -0.15) is 5.10 Å². The van der Waals surface area contributed by atoms with Crippen molar-refractivity contribution in [3.05, 3.63) is 30.5 Å². The molecule has 4 heterocycles. The van der Waals surface area contributed by atoms with Gasteiger partial charge in [-0.3, -0.25) is 9.48 Å². The van der Waals surface area contributed by atoms with Gasteiger partial charge in [0.25, 0.3) is 5.91 Å². The van der Waals surface area contributed by atoms with E-state index in [9.17, 15) is 4.79 Å². The highest BCUT2D eigenvalue weighted by Gasteiger charge is 2.47. The van der Waals surface area contributed by atoms with Crippen LogP contribution >= 0.6 is 0 Å². The predicted molar refractivity (Wildman–Crippen MR) is 90.5 cm³/mol. The summed E-state index contributed by atoms with van der Waals surface area (Å²) in [5.74, 6) is 0.904. The van der Waals surface area contributed by atoms with Crippen LogP contribution in [0.15, 0.2) is 24.8 Å². The van der Waals surface area contributed by atoms with Crippen molar-refractivity contribution in [1.82, 2.24) is 29.5 Å². The van der Waals surface area contributed by atoms with Crippen LogP contribution in [0.1, 0.15) is 23.8 Å². The molecular weight excluding hydrogens is 320 g/mol. The third-order valence-electron chi connectivity index (χ3n) is 4.94. The molecule has 8 heteroatoms. The van der Waals surface area contributed by atoms with Gasteiger partial charge in [-0.25, -0.2) is 9.97 Å². The van der Waals surface area contributed by atoms with Gasteiger partial charge < -0.3 is 14.5 Å². The number of aromatic nitrogens is 4. The Morgan fingerprint density at radius 2 is 2.08 bits per heavy atom. The van der Waals surface area contributed by atoms with Crippen molar-refractivity contribution in [2.45, 2.75) is 19.9 Å². The van der Waals surface area contributed by atoms with Crippen LogP contribution in [-0.2, 0) is 6.54 Å². The first-order chi connectivity index (χ1) is 12.1. The van der Waals surface area contributed by atoms with Gasteiger partial charge in [-0.15, -0.1) is 0 Å². The molecule has 0 bridgehead atoms. The van der Waals surface area contributed by atoms with E-state index >= 15 is 0 Å². The molecule has 2 aromatic heterocycles. The molecule has 1 amide bonds. The quantitative estimate of drug-likeness (QED) is 0.833. The Kier molecular flexibility index (Phi) is 3.91. The van der Waals surface area contributed by atoms with Crippen LogP contribution in [0.4, 0.5) is 0 Å². The average molecular weight is 342 g/mol. The molecule has 2 saturated heterocycles. The van der Waals surface area contributed by atoms with Crippen molar-refractivity contribution >= 4 is 5.91 Å². The smallest absolute Gasteiger partial charge is 0.274 e. The topological polar surface area (TPSA) is 76.4 Å². The fourth-order valence-corrected chi connectivity index (χ4v) is 3.80. The van der Waals surface area contributed by atoms with Gasteiger partial charge in [0, 0.05) is 38.1 Å². The zero-order chi connectivity index (χ0) is 17.4. The van der Waals surface area contributed by atoms with Crippen molar-refractivity contribution in [2.24, 2.45) is 5.41 Å². The molecule has 8 nitrogen and oxygen atoms in total. The number of ether oxygens (including phenoxy) is 1. The van der Waals surface area contributed by atoms with E-state index in [-0.39, 0.29) is 5.91 Å². The van der Waals surface area contributed by atoms with E-state index in [1.54, 1.807) is 17.1 Å². The lowest BCUT2D eigenvalue weighted by molar-refractivity contribution is 0.0292. The second kappa shape index (κ2) is 6.11. The van der Waals surface area contributed by atoms with Crippen molar-refractivity contribution in [3.8, 4) is 11.6 Å². The Balaban J connectivity index is 1.39. The summed E-state index contributed by atoms with van der Waals surface area (Å²) in [6.45, 7) is 6.52. The second-order valence-corrected chi connectivity index (χ2v) is 7.02. The van der Waals surface area contributed by atoms with E-state index in [1.165, 1.54) is 12.4 Å². The standard InChI is InChI=1S/C17H22N6O2/c1-3-23-9-13(6-20-23)25-15-8-18-14(7-19-15)16(24)22-5-4-17(12-22)10-21(2)11-17/h6-9H,3-5,10-12H2,1-2H3. The molecule has 2 aromatic rings. The van der Waals surface area contributed by atoms with Gasteiger partial charge in [0.05, 0.1) is 24.8 Å². The monoisotopic (exact) mass is 342 g/mol. The molecule has 4 rings (SSSR count). The maximum absolute atomic E-state index is 12.6. The number of carbonyl (C=O) groups is 1. The lowest BCUT2D eigenvalue weighted by Crippen LogP contribution is -2.55. The van der Waals surface area contributed by atoms with E-state index in [0.717, 1.165) is 39.1 Å². The lowest BCUT2D eigenvalue weighted by atomic mass is 9.79. The maximum Gasteiger partial charge on any atom is 0.274 e. The van der Waals surface area contributed by atoms with Crippen LogP contribution in [0.25, 0.3) is 0 Å². The summed E-state index contributed by atoms with van der Waals surface area (Å²) in [6, 6.07) is 0. The Morgan fingerprint density at radius 3 is 2.72 bits per heavy atom. The summed E-state index contributed by atoms with van der Waals surface area (Å²) >= 11 is 0. The van der Waals surface area contributed by atoms with Gasteiger partial charge >= 0.3 is 0 Å². The SMILES string of the molecule is CCn1cc(Oc2cnc(C(=O)N3CCC4(CN(C)C4)C3)cn2)cn1. The van der Waals surface area contributed by atoms with Crippen LogP contribution in [-0.4, -0.2) is 68.7 Å². The van der Waals surface area contributed by atoms with E-state index in [0.29, 0.717) is 22.7 Å². The van der Waals surface area contributed by atoms with E-state index in [1.807, 2.05) is 11.8 Å². The molecule has 2 fully saturated rings. The van der Waals surface area contributed by atoms with Crippen LogP contribution < -0.4 is 4.74 Å². The predicted octanol–water partition coefficient (Wildman–Crippen LogP) is 1.26. The van der Waals surface area contributed by atoms with E-state index < -0.39 is 0 Å². The largest absolute Gasteiger partial charge is 0.434 e. The van der Waals surface area contributed by atoms with Crippen molar-refractivity contribution in [1.29, 1.82) is 0 Å². The molecule has 2 aliphatic rings. The Bertz CT molecular complexity index is 766. The number of hydrogen-bond acceptors (Lipinski definition) is 6. The molecule has 25 heavy (non-hydrogen) atoms. The van der Waals surface area contributed by atoms with Crippen molar-refractivity contribution in [3.63, 3.8) is 0 Å². The summed E-state index contributed by atoms with van der Waals surface area (Å²) in [5, 5.41) is 4.14. The summed E-state index contributed by atoms with van der Waals surface area (Å²) in [6.07, 6.45) is 7.46.